The number of hydrogen-bond acceptors (Lipinski definition) is 1. The molecule has 12 heavy (non-hydrogen) atoms. The van der Waals surface area contributed by atoms with Gasteiger partial charge in [-0.1, -0.05) is 15.9 Å². The zero-order valence-electron chi connectivity index (χ0n) is 6.99. The minimum absolute atomic E-state index is 0.117. The van der Waals surface area contributed by atoms with Crippen LogP contribution in [-0.4, -0.2) is 5.11 Å². The molecular weight excluding hydrogens is 223 g/mol. The zero-order valence-corrected chi connectivity index (χ0v) is 8.57. The number of rotatable bonds is 1. The summed E-state index contributed by atoms with van der Waals surface area (Å²) in [4.78, 5) is 0. The monoisotopic (exact) mass is 232 g/mol. The van der Waals surface area contributed by atoms with Crippen LogP contribution in [-0.2, 0) is 6.61 Å². The highest BCUT2D eigenvalue weighted by molar-refractivity contribution is 9.10. The Kier molecular flexibility index (Phi) is 2.85. The van der Waals surface area contributed by atoms with Crippen LogP contribution in [0.4, 0.5) is 4.39 Å². The standard InChI is InChI=1S/C9H10BrFO/c1-5-7(4-12)6(2)9(11)3-8(5)10/h3,12H,4H2,1-2H3. The van der Waals surface area contributed by atoms with Gasteiger partial charge in [0.25, 0.3) is 0 Å². The van der Waals surface area contributed by atoms with Crippen LogP contribution in [0.3, 0.4) is 0 Å². The summed E-state index contributed by atoms with van der Waals surface area (Å²) < 4.78 is 13.8. The molecule has 0 saturated carbocycles. The predicted octanol–water partition coefficient (Wildman–Crippen LogP) is 2.70. The maximum atomic E-state index is 13.1. The highest BCUT2D eigenvalue weighted by Gasteiger charge is 2.09. The van der Waals surface area contributed by atoms with Crippen LogP contribution in [0.15, 0.2) is 10.5 Å². The van der Waals surface area contributed by atoms with Gasteiger partial charge in [0, 0.05) is 4.47 Å². The molecule has 0 atom stereocenters. The Labute approximate surface area is 79.4 Å². The van der Waals surface area contributed by atoms with Crippen molar-refractivity contribution in [3.8, 4) is 0 Å². The first-order chi connectivity index (χ1) is 5.57. The third-order valence-electron chi connectivity index (χ3n) is 2.03. The molecule has 1 rings (SSSR count). The highest BCUT2D eigenvalue weighted by Crippen LogP contribution is 2.25. The molecule has 0 spiro atoms. The molecule has 0 heterocycles. The quantitative estimate of drug-likeness (QED) is 0.790. The Morgan fingerprint density at radius 1 is 1.42 bits per heavy atom. The molecule has 0 unspecified atom stereocenters. The number of aliphatic hydroxyl groups is 1. The lowest BCUT2D eigenvalue weighted by Crippen LogP contribution is -1.97. The first kappa shape index (κ1) is 9.68. The Morgan fingerprint density at radius 2 is 2.00 bits per heavy atom. The van der Waals surface area contributed by atoms with E-state index in [2.05, 4.69) is 15.9 Å². The smallest absolute Gasteiger partial charge is 0.127 e. The fourth-order valence-corrected chi connectivity index (χ4v) is 1.57. The number of hydrogen-bond donors (Lipinski definition) is 1. The van der Waals surface area contributed by atoms with Crippen molar-refractivity contribution in [1.82, 2.24) is 0 Å². The van der Waals surface area contributed by atoms with Crippen molar-refractivity contribution in [2.45, 2.75) is 20.5 Å². The summed E-state index contributed by atoms with van der Waals surface area (Å²) >= 11 is 3.22. The van der Waals surface area contributed by atoms with Crippen LogP contribution < -0.4 is 0 Å². The largest absolute Gasteiger partial charge is 0.392 e. The maximum Gasteiger partial charge on any atom is 0.127 e. The molecule has 3 heteroatoms. The van der Waals surface area contributed by atoms with Gasteiger partial charge in [-0.3, -0.25) is 0 Å². The second-order valence-corrected chi connectivity index (χ2v) is 3.58. The molecule has 0 fully saturated rings. The first-order valence-electron chi connectivity index (χ1n) is 3.63. The Hall–Kier alpha value is -0.410. The van der Waals surface area contributed by atoms with E-state index in [9.17, 15) is 4.39 Å². The molecule has 0 aliphatic carbocycles. The normalized spacial score (nSPS) is 10.4. The van der Waals surface area contributed by atoms with Crippen LogP contribution in [0.25, 0.3) is 0 Å². The lowest BCUT2D eigenvalue weighted by molar-refractivity contribution is 0.279. The molecule has 0 amide bonds. The Bertz CT molecular complexity index is 284. The van der Waals surface area contributed by atoms with Crippen molar-refractivity contribution < 1.29 is 9.50 Å². The van der Waals surface area contributed by atoms with Gasteiger partial charge in [0.2, 0.25) is 0 Å². The SMILES string of the molecule is Cc1c(F)cc(Br)c(C)c1CO. The first-order valence-corrected chi connectivity index (χ1v) is 4.42. The van der Waals surface area contributed by atoms with Crippen molar-refractivity contribution >= 4 is 15.9 Å². The molecule has 1 nitrogen and oxygen atoms in total. The van der Waals surface area contributed by atoms with Gasteiger partial charge in [0.05, 0.1) is 6.61 Å². The molecular formula is C9H10BrFO. The maximum absolute atomic E-state index is 13.1. The molecule has 0 radical (unpaired) electrons. The van der Waals surface area contributed by atoms with Gasteiger partial charge in [-0.05, 0) is 36.6 Å². The van der Waals surface area contributed by atoms with E-state index in [1.165, 1.54) is 6.07 Å². The molecule has 0 saturated heterocycles. The van der Waals surface area contributed by atoms with Gasteiger partial charge in [-0.25, -0.2) is 4.39 Å². The van der Waals surface area contributed by atoms with Crippen LogP contribution in [0.2, 0.25) is 0 Å². The van der Waals surface area contributed by atoms with E-state index >= 15 is 0 Å². The van der Waals surface area contributed by atoms with Gasteiger partial charge in [0.15, 0.2) is 0 Å². The Morgan fingerprint density at radius 3 is 2.50 bits per heavy atom. The van der Waals surface area contributed by atoms with Gasteiger partial charge in [0.1, 0.15) is 5.82 Å². The van der Waals surface area contributed by atoms with Gasteiger partial charge in [-0.15, -0.1) is 0 Å². The van der Waals surface area contributed by atoms with E-state index in [1.54, 1.807) is 6.92 Å². The van der Waals surface area contributed by atoms with E-state index in [0.717, 1.165) is 5.56 Å². The minimum atomic E-state index is -0.281. The summed E-state index contributed by atoms with van der Waals surface area (Å²) in [5.74, 6) is -0.281. The molecule has 1 N–H and O–H groups in total. The highest BCUT2D eigenvalue weighted by atomic mass is 79.9. The van der Waals surface area contributed by atoms with Crippen LogP contribution in [0.1, 0.15) is 16.7 Å². The second kappa shape index (κ2) is 3.54. The van der Waals surface area contributed by atoms with E-state index in [1.807, 2.05) is 6.92 Å². The van der Waals surface area contributed by atoms with Crippen LogP contribution >= 0.6 is 15.9 Å². The summed E-state index contributed by atoms with van der Waals surface area (Å²) in [5, 5.41) is 8.96. The lowest BCUT2D eigenvalue weighted by atomic mass is 10.0. The summed E-state index contributed by atoms with van der Waals surface area (Å²) in [7, 11) is 0. The molecule has 0 bridgehead atoms. The zero-order chi connectivity index (χ0) is 9.30. The summed E-state index contributed by atoms with van der Waals surface area (Å²) in [6.45, 7) is 3.40. The van der Waals surface area contributed by atoms with Crippen molar-refractivity contribution in [3.63, 3.8) is 0 Å². The number of benzene rings is 1. The van der Waals surface area contributed by atoms with Crippen molar-refractivity contribution in [2.75, 3.05) is 0 Å². The van der Waals surface area contributed by atoms with Crippen molar-refractivity contribution in [3.05, 3.63) is 33.0 Å². The third kappa shape index (κ3) is 1.52. The van der Waals surface area contributed by atoms with Crippen molar-refractivity contribution in [1.29, 1.82) is 0 Å². The second-order valence-electron chi connectivity index (χ2n) is 2.73. The van der Waals surface area contributed by atoms with Gasteiger partial charge >= 0.3 is 0 Å². The van der Waals surface area contributed by atoms with E-state index in [4.69, 9.17) is 5.11 Å². The average Bonchev–Trinajstić information content (AvgIpc) is 2.02. The molecule has 0 aromatic heterocycles. The summed E-state index contributed by atoms with van der Waals surface area (Å²) in [5.41, 5.74) is 2.09. The molecule has 1 aromatic rings. The minimum Gasteiger partial charge on any atom is -0.392 e. The number of halogens is 2. The topological polar surface area (TPSA) is 20.2 Å². The predicted molar refractivity (Wildman–Crippen MR) is 49.5 cm³/mol. The fraction of sp³-hybridized carbons (Fsp3) is 0.333. The molecule has 66 valence electrons. The average molecular weight is 233 g/mol. The Balaban J connectivity index is 3.42. The van der Waals surface area contributed by atoms with E-state index in [-0.39, 0.29) is 12.4 Å². The fourth-order valence-electron chi connectivity index (χ4n) is 1.13. The summed E-state index contributed by atoms with van der Waals surface area (Å²) in [6.07, 6.45) is 0. The van der Waals surface area contributed by atoms with Crippen LogP contribution in [0.5, 0.6) is 0 Å². The number of aliphatic hydroxyl groups excluding tert-OH is 1. The van der Waals surface area contributed by atoms with Crippen LogP contribution in [0, 0.1) is 19.7 Å². The lowest BCUT2D eigenvalue weighted by Gasteiger charge is -2.09. The van der Waals surface area contributed by atoms with Crippen molar-refractivity contribution in [2.24, 2.45) is 0 Å². The van der Waals surface area contributed by atoms with E-state index < -0.39 is 0 Å². The summed E-state index contributed by atoms with van der Waals surface area (Å²) in [6, 6.07) is 1.42. The molecule has 0 aliphatic heterocycles. The van der Waals surface area contributed by atoms with E-state index in [0.29, 0.717) is 15.6 Å². The molecule has 1 aromatic carbocycles. The molecule has 0 aliphatic rings. The van der Waals surface area contributed by atoms with Gasteiger partial charge < -0.3 is 5.11 Å². The van der Waals surface area contributed by atoms with Gasteiger partial charge in [-0.2, -0.15) is 0 Å². The third-order valence-corrected chi connectivity index (χ3v) is 2.86.